The van der Waals surface area contributed by atoms with Crippen molar-refractivity contribution in [3.63, 3.8) is 0 Å². The summed E-state index contributed by atoms with van der Waals surface area (Å²) in [6.45, 7) is 7.13. The molecule has 3 N–H and O–H groups in total. The third-order valence-corrected chi connectivity index (χ3v) is 4.67. The molecule has 2 aromatic rings. The number of nitrogens with two attached hydrogens (primary N) is 1. The van der Waals surface area contributed by atoms with Gasteiger partial charge in [0, 0.05) is 25.3 Å². The molecule has 1 amide bonds. The van der Waals surface area contributed by atoms with Crippen LogP contribution in [0.3, 0.4) is 0 Å². The van der Waals surface area contributed by atoms with Crippen molar-refractivity contribution < 1.29 is 4.79 Å². The van der Waals surface area contributed by atoms with Gasteiger partial charge in [0.15, 0.2) is 5.69 Å². The van der Waals surface area contributed by atoms with Gasteiger partial charge in [-0.2, -0.15) is 0 Å². The molecular formula is C20H29N5O3. The Balaban J connectivity index is 2.37. The number of nitrogens with zero attached hydrogens (tertiary/aromatic N) is 3. The number of hydrogen-bond acceptors (Lipinski definition) is 5. The Labute approximate surface area is 164 Å². The van der Waals surface area contributed by atoms with Crippen molar-refractivity contribution in [2.45, 2.75) is 40.2 Å². The van der Waals surface area contributed by atoms with E-state index in [0.29, 0.717) is 13.1 Å². The number of anilines is 3. The average Bonchev–Trinajstić information content (AvgIpc) is 2.69. The summed E-state index contributed by atoms with van der Waals surface area (Å²) in [7, 11) is 0. The fraction of sp³-hybridized carbons (Fsp3) is 0.450. The van der Waals surface area contributed by atoms with Crippen LogP contribution in [-0.4, -0.2) is 35.1 Å². The van der Waals surface area contributed by atoms with Crippen LogP contribution in [0.5, 0.6) is 0 Å². The predicted molar refractivity (Wildman–Crippen MR) is 113 cm³/mol. The first-order chi connectivity index (χ1) is 13.4. The number of H-pyrrole nitrogens is 1. The molecule has 0 fully saturated rings. The minimum Gasteiger partial charge on any atom is -0.383 e. The Morgan fingerprint density at radius 2 is 1.79 bits per heavy atom. The maximum absolute atomic E-state index is 13.0. The van der Waals surface area contributed by atoms with Gasteiger partial charge in [-0.15, -0.1) is 0 Å². The van der Waals surface area contributed by atoms with Gasteiger partial charge < -0.3 is 15.5 Å². The number of aromatic amines is 1. The van der Waals surface area contributed by atoms with Crippen LogP contribution in [0.25, 0.3) is 0 Å². The number of nitrogen functional groups attached to an aromatic ring is 1. The highest BCUT2D eigenvalue weighted by molar-refractivity contribution is 5.98. The molecule has 0 bridgehead atoms. The monoisotopic (exact) mass is 387 g/mol. The van der Waals surface area contributed by atoms with Gasteiger partial charge in [-0.05, 0) is 32.4 Å². The average molecular weight is 387 g/mol. The van der Waals surface area contributed by atoms with Crippen molar-refractivity contribution in [1.29, 1.82) is 0 Å². The minimum atomic E-state index is -0.645. The van der Waals surface area contributed by atoms with E-state index in [1.807, 2.05) is 49.1 Å². The zero-order chi connectivity index (χ0) is 20.7. The molecule has 0 radical (unpaired) electrons. The van der Waals surface area contributed by atoms with E-state index >= 15 is 0 Å². The SMILES string of the molecule is CCCCn1c(N)c(N(CC)C(=O)CN(CC)c2ccccc2)c(=O)[nH]c1=O. The van der Waals surface area contributed by atoms with Gasteiger partial charge in [0.05, 0.1) is 6.54 Å². The Morgan fingerprint density at radius 3 is 2.36 bits per heavy atom. The molecule has 0 aliphatic rings. The number of unbranched alkanes of at least 4 members (excludes halogenated alkanes) is 1. The summed E-state index contributed by atoms with van der Waals surface area (Å²) in [6, 6.07) is 9.59. The molecule has 0 saturated heterocycles. The Bertz CT molecular complexity index is 904. The first-order valence-electron chi connectivity index (χ1n) is 9.67. The summed E-state index contributed by atoms with van der Waals surface area (Å²) in [5, 5.41) is 0. The standard InChI is InChI=1S/C20H29N5O3/c1-4-7-13-25-18(21)17(19(27)22-20(25)28)24(6-3)16(26)14-23(5-2)15-11-9-8-10-12-15/h8-12H,4-7,13-14,21H2,1-3H3,(H,22,27,28). The van der Waals surface area contributed by atoms with Gasteiger partial charge in [-0.1, -0.05) is 31.5 Å². The highest BCUT2D eigenvalue weighted by Gasteiger charge is 2.24. The van der Waals surface area contributed by atoms with Crippen LogP contribution in [0.1, 0.15) is 33.6 Å². The van der Waals surface area contributed by atoms with Crippen LogP contribution in [0.2, 0.25) is 0 Å². The van der Waals surface area contributed by atoms with Crippen molar-refractivity contribution in [3.8, 4) is 0 Å². The molecule has 1 aromatic heterocycles. The second kappa shape index (κ2) is 9.77. The molecule has 152 valence electrons. The lowest BCUT2D eigenvalue weighted by Gasteiger charge is -2.28. The molecule has 0 saturated carbocycles. The van der Waals surface area contributed by atoms with Crippen molar-refractivity contribution in [3.05, 3.63) is 51.2 Å². The lowest BCUT2D eigenvalue weighted by molar-refractivity contribution is -0.117. The number of amides is 1. The molecule has 0 unspecified atom stereocenters. The lowest BCUT2D eigenvalue weighted by atomic mass is 10.2. The molecule has 28 heavy (non-hydrogen) atoms. The van der Waals surface area contributed by atoms with Gasteiger partial charge in [0.1, 0.15) is 5.82 Å². The maximum atomic E-state index is 13.0. The van der Waals surface area contributed by atoms with Gasteiger partial charge in [0.2, 0.25) is 5.91 Å². The molecular weight excluding hydrogens is 358 g/mol. The Hall–Kier alpha value is -3.03. The fourth-order valence-corrected chi connectivity index (χ4v) is 3.11. The van der Waals surface area contributed by atoms with E-state index in [1.54, 1.807) is 6.92 Å². The van der Waals surface area contributed by atoms with Gasteiger partial charge in [-0.3, -0.25) is 19.1 Å². The number of para-hydroxylation sites is 1. The third-order valence-electron chi connectivity index (χ3n) is 4.67. The van der Waals surface area contributed by atoms with E-state index in [9.17, 15) is 14.4 Å². The topological polar surface area (TPSA) is 104 Å². The Kier molecular flexibility index (Phi) is 7.43. The van der Waals surface area contributed by atoms with Crippen LogP contribution in [0.4, 0.5) is 17.2 Å². The maximum Gasteiger partial charge on any atom is 0.330 e. The van der Waals surface area contributed by atoms with Crippen LogP contribution >= 0.6 is 0 Å². The molecule has 8 heteroatoms. The van der Waals surface area contributed by atoms with E-state index in [4.69, 9.17) is 5.73 Å². The zero-order valence-electron chi connectivity index (χ0n) is 16.8. The highest BCUT2D eigenvalue weighted by Crippen LogP contribution is 2.19. The molecule has 1 heterocycles. The van der Waals surface area contributed by atoms with Gasteiger partial charge >= 0.3 is 5.69 Å². The van der Waals surface area contributed by atoms with Crippen LogP contribution in [0.15, 0.2) is 39.9 Å². The highest BCUT2D eigenvalue weighted by atomic mass is 16.2. The molecule has 0 aliphatic carbocycles. The largest absolute Gasteiger partial charge is 0.383 e. The number of likely N-dealkylation sites (N-methyl/N-ethyl adjacent to an activating group) is 2. The molecule has 2 rings (SSSR count). The zero-order valence-corrected chi connectivity index (χ0v) is 16.8. The summed E-state index contributed by atoms with van der Waals surface area (Å²) in [5.41, 5.74) is 5.91. The summed E-state index contributed by atoms with van der Waals surface area (Å²) >= 11 is 0. The predicted octanol–water partition coefficient (Wildman–Crippen LogP) is 1.80. The molecule has 1 aromatic carbocycles. The molecule has 0 atom stereocenters. The number of carbonyl (C=O) groups is 1. The normalized spacial score (nSPS) is 10.7. The summed E-state index contributed by atoms with van der Waals surface area (Å²) in [5.74, 6) is -0.230. The van der Waals surface area contributed by atoms with Gasteiger partial charge in [0.25, 0.3) is 5.56 Å². The number of nitrogens with one attached hydrogen (secondary N) is 1. The minimum absolute atomic E-state index is 0.0279. The smallest absolute Gasteiger partial charge is 0.330 e. The Morgan fingerprint density at radius 1 is 1.11 bits per heavy atom. The molecule has 8 nitrogen and oxygen atoms in total. The van der Waals surface area contributed by atoms with Gasteiger partial charge in [-0.25, -0.2) is 4.79 Å². The van der Waals surface area contributed by atoms with E-state index in [1.165, 1.54) is 9.47 Å². The van der Waals surface area contributed by atoms with E-state index < -0.39 is 11.2 Å². The van der Waals surface area contributed by atoms with Crippen molar-refractivity contribution in [2.24, 2.45) is 0 Å². The van der Waals surface area contributed by atoms with E-state index in [0.717, 1.165) is 18.5 Å². The number of aromatic nitrogens is 2. The second-order valence-electron chi connectivity index (χ2n) is 6.49. The number of hydrogen-bond donors (Lipinski definition) is 2. The second-order valence-corrected chi connectivity index (χ2v) is 6.49. The fourth-order valence-electron chi connectivity index (χ4n) is 3.11. The summed E-state index contributed by atoms with van der Waals surface area (Å²) in [4.78, 5) is 43.2. The van der Waals surface area contributed by atoms with Crippen molar-refractivity contribution >= 4 is 23.1 Å². The quantitative estimate of drug-likeness (QED) is 0.683. The van der Waals surface area contributed by atoms with Crippen LogP contribution < -0.4 is 26.8 Å². The van der Waals surface area contributed by atoms with Crippen molar-refractivity contribution in [1.82, 2.24) is 9.55 Å². The van der Waals surface area contributed by atoms with Crippen LogP contribution in [-0.2, 0) is 11.3 Å². The summed E-state index contributed by atoms with van der Waals surface area (Å²) in [6.07, 6.45) is 1.62. The van der Waals surface area contributed by atoms with E-state index in [-0.39, 0.29) is 30.5 Å². The van der Waals surface area contributed by atoms with Crippen molar-refractivity contribution in [2.75, 3.05) is 35.2 Å². The lowest BCUT2D eigenvalue weighted by Crippen LogP contribution is -2.45. The number of benzene rings is 1. The first kappa shape index (κ1) is 21.3. The third kappa shape index (κ3) is 4.62. The molecule has 0 aliphatic heterocycles. The van der Waals surface area contributed by atoms with E-state index in [2.05, 4.69) is 4.98 Å². The van der Waals surface area contributed by atoms with Crippen LogP contribution in [0, 0.1) is 0 Å². The number of carbonyl (C=O) groups excluding carboxylic acids is 1. The summed E-state index contributed by atoms with van der Waals surface area (Å²) < 4.78 is 1.32. The first-order valence-corrected chi connectivity index (χ1v) is 9.67. The number of rotatable bonds is 9. The molecule has 0 spiro atoms.